The van der Waals surface area contributed by atoms with Crippen molar-refractivity contribution in [1.82, 2.24) is 4.98 Å². The SMILES string of the molecule is O=C1CCC(=O)N1c1cccc(-c2nc3cc(Cl)ccc3o2)c1. The first-order valence-corrected chi connectivity index (χ1v) is 7.52. The zero-order valence-corrected chi connectivity index (χ0v) is 12.7. The summed E-state index contributed by atoms with van der Waals surface area (Å²) < 4.78 is 5.72. The molecule has 6 heteroatoms. The van der Waals surface area contributed by atoms with E-state index in [9.17, 15) is 9.59 Å². The van der Waals surface area contributed by atoms with Crippen LogP contribution in [0, 0.1) is 0 Å². The number of rotatable bonds is 2. The van der Waals surface area contributed by atoms with Gasteiger partial charge in [0.1, 0.15) is 5.52 Å². The van der Waals surface area contributed by atoms with E-state index in [1.165, 1.54) is 4.90 Å². The third-order valence-electron chi connectivity index (χ3n) is 3.75. The molecular weight excluding hydrogens is 316 g/mol. The molecule has 0 saturated carbocycles. The number of halogens is 1. The Bertz CT molecular complexity index is 932. The van der Waals surface area contributed by atoms with Gasteiger partial charge in [0.05, 0.1) is 5.69 Å². The number of amides is 2. The van der Waals surface area contributed by atoms with Crippen molar-refractivity contribution >= 4 is 40.2 Å². The van der Waals surface area contributed by atoms with Gasteiger partial charge in [-0.25, -0.2) is 4.98 Å². The van der Waals surface area contributed by atoms with Gasteiger partial charge in [0.15, 0.2) is 5.58 Å². The Morgan fingerprint density at radius 3 is 2.61 bits per heavy atom. The zero-order chi connectivity index (χ0) is 16.0. The minimum Gasteiger partial charge on any atom is -0.436 e. The van der Waals surface area contributed by atoms with Crippen molar-refractivity contribution in [3.05, 3.63) is 47.5 Å². The topological polar surface area (TPSA) is 63.4 Å². The first-order chi connectivity index (χ1) is 11.1. The summed E-state index contributed by atoms with van der Waals surface area (Å²) in [7, 11) is 0. The predicted octanol–water partition coefficient (Wildman–Crippen LogP) is 3.80. The fraction of sp³-hybridized carbons (Fsp3) is 0.118. The van der Waals surface area contributed by atoms with Gasteiger partial charge in [-0.05, 0) is 36.4 Å². The highest BCUT2D eigenvalue weighted by Gasteiger charge is 2.30. The van der Waals surface area contributed by atoms with Crippen molar-refractivity contribution in [2.75, 3.05) is 4.90 Å². The predicted molar refractivity (Wildman–Crippen MR) is 86.2 cm³/mol. The number of nitrogens with zero attached hydrogens (tertiary/aromatic N) is 2. The average Bonchev–Trinajstić information content (AvgIpc) is 3.10. The molecule has 1 aromatic heterocycles. The largest absolute Gasteiger partial charge is 0.436 e. The van der Waals surface area contributed by atoms with Gasteiger partial charge in [0, 0.05) is 23.4 Å². The van der Waals surface area contributed by atoms with E-state index < -0.39 is 0 Å². The quantitative estimate of drug-likeness (QED) is 0.672. The molecule has 0 aliphatic carbocycles. The van der Waals surface area contributed by atoms with Crippen molar-refractivity contribution < 1.29 is 14.0 Å². The molecule has 1 fully saturated rings. The lowest BCUT2D eigenvalue weighted by molar-refractivity contribution is -0.121. The van der Waals surface area contributed by atoms with E-state index in [1.807, 2.05) is 6.07 Å². The van der Waals surface area contributed by atoms with Gasteiger partial charge in [-0.15, -0.1) is 0 Å². The lowest BCUT2D eigenvalue weighted by Crippen LogP contribution is -2.28. The molecule has 2 aromatic carbocycles. The third-order valence-corrected chi connectivity index (χ3v) is 3.99. The van der Waals surface area contributed by atoms with Crippen LogP contribution in [0.1, 0.15) is 12.8 Å². The average molecular weight is 327 g/mol. The van der Waals surface area contributed by atoms with E-state index in [2.05, 4.69) is 4.98 Å². The van der Waals surface area contributed by atoms with Gasteiger partial charge in [-0.3, -0.25) is 14.5 Å². The highest BCUT2D eigenvalue weighted by molar-refractivity contribution is 6.31. The maximum absolute atomic E-state index is 11.9. The second kappa shape index (κ2) is 5.21. The van der Waals surface area contributed by atoms with Crippen LogP contribution < -0.4 is 4.90 Å². The number of oxazole rings is 1. The Kier molecular flexibility index (Phi) is 3.16. The molecule has 3 aromatic rings. The Hall–Kier alpha value is -2.66. The summed E-state index contributed by atoms with van der Waals surface area (Å²) >= 11 is 5.95. The number of imide groups is 1. The van der Waals surface area contributed by atoms with Gasteiger partial charge >= 0.3 is 0 Å². The van der Waals surface area contributed by atoms with Crippen molar-refractivity contribution in [1.29, 1.82) is 0 Å². The molecule has 23 heavy (non-hydrogen) atoms. The summed E-state index contributed by atoms with van der Waals surface area (Å²) in [6, 6.07) is 12.3. The molecule has 0 bridgehead atoms. The fourth-order valence-corrected chi connectivity index (χ4v) is 2.83. The van der Waals surface area contributed by atoms with Crippen LogP contribution >= 0.6 is 11.6 Å². The van der Waals surface area contributed by atoms with E-state index in [0.717, 1.165) is 0 Å². The van der Waals surface area contributed by atoms with Crippen LogP contribution in [0.25, 0.3) is 22.6 Å². The number of hydrogen-bond acceptors (Lipinski definition) is 4. The van der Waals surface area contributed by atoms with E-state index in [1.54, 1.807) is 36.4 Å². The molecule has 1 aliphatic heterocycles. The highest BCUT2D eigenvalue weighted by Crippen LogP contribution is 2.30. The Morgan fingerprint density at radius 2 is 1.83 bits per heavy atom. The number of hydrogen-bond donors (Lipinski definition) is 0. The van der Waals surface area contributed by atoms with E-state index in [-0.39, 0.29) is 24.7 Å². The summed E-state index contributed by atoms with van der Waals surface area (Å²) in [4.78, 5) is 29.3. The van der Waals surface area contributed by atoms with Crippen LogP contribution in [0.4, 0.5) is 5.69 Å². The minimum atomic E-state index is -0.184. The summed E-state index contributed by atoms with van der Waals surface area (Å²) in [6.45, 7) is 0. The van der Waals surface area contributed by atoms with Crippen LogP contribution in [-0.4, -0.2) is 16.8 Å². The van der Waals surface area contributed by atoms with Crippen LogP contribution in [0.2, 0.25) is 5.02 Å². The van der Waals surface area contributed by atoms with E-state index in [0.29, 0.717) is 33.3 Å². The molecule has 0 atom stereocenters. The molecule has 4 rings (SSSR count). The molecule has 1 saturated heterocycles. The number of aromatic nitrogens is 1. The van der Waals surface area contributed by atoms with Gasteiger partial charge in [0.2, 0.25) is 17.7 Å². The Morgan fingerprint density at radius 1 is 1.04 bits per heavy atom. The standard InChI is InChI=1S/C17H11ClN2O3/c18-11-4-5-14-13(9-11)19-17(23-14)10-2-1-3-12(8-10)20-15(21)6-7-16(20)22/h1-5,8-9H,6-7H2. The molecule has 2 amide bonds. The van der Waals surface area contributed by atoms with Gasteiger partial charge < -0.3 is 4.42 Å². The fourth-order valence-electron chi connectivity index (χ4n) is 2.67. The van der Waals surface area contributed by atoms with Crippen LogP contribution in [-0.2, 0) is 9.59 Å². The van der Waals surface area contributed by atoms with Gasteiger partial charge in [-0.2, -0.15) is 0 Å². The molecule has 1 aliphatic rings. The molecule has 0 N–H and O–H groups in total. The number of fused-ring (bicyclic) bond motifs is 1. The third kappa shape index (κ3) is 2.39. The molecule has 0 spiro atoms. The minimum absolute atomic E-state index is 0.184. The van der Waals surface area contributed by atoms with E-state index in [4.69, 9.17) is 16.0 Å². The molecule has 0 unspecified atom stereocenters. The number of anilines is 1. The normalized spacial score (nSPS) is 14.9. The first kappa shape index (κ1) is 14.0. The first-order valence-electron chi connectivity index (χ1n) is 7.14. The Balaban J connectivity index is 1.78. The summed E-state index contributed by atoms with van der Waals surface area (Å²) in [5, 5.41) is 0.583. The molecule has 5 nitrogen and oxygen atoms in total. The smallest absolute Gasteiger partial charge is 0.234 e. The molecule has 114 valence electrons. The van der Waals surface area contributed by atoms with Crippen LogP contribution in [0.15, 0.2) is 46.9 Å². The highest BCUT2D eigenvalue weighted by atomic mass is 35.5. The number of carbonyl (C=O) groups excluding carboxylic acids is 2. The molecule has 0 radical (unpaired) electrons. The molecular formula is C17H11ClN2O3. The van der Waals surface area contributed by atoms with Gasteiger partial charge in [0.25, 0.3) is 0 Å². The van der Waals surface area contributed by atoms with Crippen LogP contribution in [0.3, 0.4) is 0 Å². The summed E-state index contributed by atoms with van der Waals surface area (Å²) in [5.74, 6) is 0.0520. The summed E-state index contributed by atoms with van der Waals surface area (Å²) in [6.07, 6.45) is 0.509. The van der Waals surface area contributed by atoms with Crippen LogP contribution in [0.5, 0.6) is 0 Å². The lowest BCUT2D eigenvalue weighted by Gasteiger charge is -2.14. The van der Waals surface area contributed by atoms with Crippen molar-refractivity contribution in [3.8, 4) is 11.5 Å². The lowest BCUT2D eigenvalue weighted by atomic mass is 10.2. The Labute approximate surface area is 136 Å². The van der Waals surface area contributed by atoms with E-state index >= 15 is 0 Å². The number of carbonyl (C=O) groups is 2. The zero-order valence-electron chi connectivity index (χ0n) is 12.0. The second-order valence-corrected chi connectivity index (χ2v) is 5.74. The maximum atomic E-state index is 11.9. The van der Waals surface area contributed by atoms with Crippen molar-refractivity contribution in [2.45, 2.75) is 12.8 Å². The monoisotopic (exact) mass is 326 g/mol. The second-order valence-electron chi connectivity index (χ2n) is 5.30. The summed E-state index contributed by atoms with van der Waals surface area (Å²) in [5.41, 5.74) is 2.52. The van der Waals surface area contributed by atoms with Crippen molar-refractivity contribution in [2.24, 2.45) is 0 Å². The molecule has 2 heterocycles. The maximum Gasteiger partial charge on any atom is 0.234 e. The van der Waals surface area contributed by atoms with Crippen molar-refractivity contribution in [3.63, 3.8) is 0 Å². The van der Waals surface area contributed by atoms with Gasteiger partial charge in [-0.1, -0.05) is 17.7 Å². The number of benzene rings is 2.